The number of nitrogens with zero attached hydrogens (tertiary/aromatic N) is 1. The number of allylic oxidation sites excluding steroid dienone is 1. The Labute approximate surface area is 136 Å². The lowest BCUT2D eigenvalue weighted by atomic mass is 9.92. The number of carbonyl (C=O) groups is 1. The van der Waals surface area contributed by atoms with Crippen molar-refractivity contribution in [2.24, 2.45) is 0 Å². The number of unbranched alkanes of at least 4 members (excludes halogenated alkanes) is 3. The Morgan fingerprint density at radius 3 is 2.86 bits per heavy atom. The Balaban J connectivity index is 2.11. The minimum absolute atomic E-state index is 0.0471. The Morgan fingerprint density at radius 2 is 2.23 bits per heavy atom. The van der Waals surface area contributed by atoms with Crippen LogP contribution in [0.5, 0.6) is 0 Å². The second-order valence-electron chi connectivity index (χ2n) is 5.52. The van der Waals surface area contributed by atoms with Gasteiger partial charge in [-0.15, -0.1) is 11.8 Å². The number of carbonyl (C=O) groups excluding carboxylic acids is 1. The normalized spacial score (nSPS) is 18.2. The van der Waals surface area contributed by atoms with Crippen LogP contribution in [-0.4, -0.2) is 11.7 Å². The van der Waals surface area contributed by atoms with Crippen molar-refractivity contribution in [3.63, 3.8) is 0 Å². The monoisotopic (exact) mass is 318 g/mol. The number of amides is 1. The van der Waals surface area contributed by atoms with Crippen LogP contribution < -0.4 is 5.32 Å². The average Bonchev–Trinajstić information content (AvgIpc) is 2.93. The number of hydrogen-bond donors (Lipinski definition) is 1. The molecule has 0 bridgehead atoms. The van der Waals surface area contributed by atoms with E-state index < -0.39 is 0 Å². The van der Waals surface area contributed by atoms with E-state index in [2.05, 4.69) is 18.3 Å². The molecule has 0 spiro atoms. The van der Waals surface area contributed by atoms with Crippen LogP contribution in [0.3, 0.4) is 0 Å². The summed E-state index contributed by atoms with van der Waals surface area (Å²) in [6.07, 6.45) is 4.99. The van der Waals surface area contributed by atoms with Gasteiger partial charge in [0.1, 0.15) is 11.5 Å². The van der Waals surface area contributed by atoms with Crippen LogP contribution in [-0.2, 0) is 4.79 Å². The fraction of sp³-hybridized carbons (Fsp3) is 0.529. The molecule has 0 saturated heterocycles. The van der Waals surface area contributed by atoms with Crippen molar-refractivity contribution in [2.75, 3.05) is 5.75 Å². The number of furan rings is 1. The predicted molar refractivity (Wildman–Crippen MR) is 88.2 cm³/mol. The van der Waals surface area contributed by atoms with Crippen molar-refractivity contribution in [1.29, 1.82) is 5.26 Å². The molecule has 1 aromatic rings. The minimum atomic E-state index is -0.259. The van der Waals surface area contributed by atoms with E-state index in [0.717, 1.165) is 17.9 Å². The summed E-state index contributed by atoms with van der Waals surface area (Å²) in [4.78, 5) is 12.0. The third kappa shape index (κ3) is 4.17. The lowest BCUT2D eigenvalue weighted by molar-refractivity contribution is -0.120. The van der Waals surface area contributed by atoms with Gasteiger partial charge in [-0.2, -0.15) is 5.26 Å². The smallest absolute Gasteiger partial charge is 0.225 e. The molecule has 22 heavy (non-hydrogen) atoms. The van der Waals surface area contributed by atoms with Crippen molar-refractivity contribution in [2.45, 2.75) is 51.9 Å². The zero-order chi connectivity index (χ0) is 15.9. The van der Waals surface area contributed by atoms with Gasteiger partial charge in [0.05, 0.1) is 22.6 Å². The van der Waals surface area contributed by atoms with Crippen LogP contribution in [0.1, 0.15) is 56.5 Å². The molecule has 1 amide bonds. The summed E-state index contributed by atoms with van der Waals surface area (Å²) < 4.78 is 5.63. The highest BCUT2D eigenvalue weighted by Crippen LogP contribution is 2.36. The van der Waals surface area contributed by atoms with E-state index in [1.807, 2.05) is 19.1 Å². The van der Waals surface area contributed by atoms with E-state index >= 15 is 0 Å². The van der Waals surface area contributed by atoms with E-state index in [4.69, 9.17) is 4.42 Å². The first-order valence-corrected chi connectivity index (χ1v) is 8.77. The van der Waals surface area contributed by atoms with Crippen LogP contribution in [0.15, 0.2) is 27.2 Å². The van der Waals surface area contributed by atoms with E-state index in [0.29, 0.717) is 16.4 Å². The summed E-state index contributed by atoms with van der Waals surface area (Å²) in [6, 6.07) is 6.00. The Bertz CT molecular complexity index is 598. The van der Waals surface area contributed by atoms with Crippen LogP contribution >= 0.6 is 11.8 Å². The van der Waals surface area contributed by atoms with Crippen molar-refractivity contribution >= 4 is 17.7 Å². The number of thioether (sulfide) groups is 1. The topological polar surface area (TPSA) is 66.0 Å². The molecule has 0 aliphatic carbocycles. The predicted octanol–water partition coefficient (Wildman–Crippen LogP) is 4.24. The summed E-state index contributed by atoms with van der Waals surface area (Å²) in [5, 5.41) is 13.1. The largest absolute Gasteiger partial charge is 0.466 e. The molecule has 5 heteroatoms. The molecule has 0 fully saturated rings. The van der Waals surface area contributed by atoms with Crippen molar-refractivity contribution in [3.05, 3.63) is 34.3 Å². The first-order chi connectivity index (χ1) is 10.7. The first kappa shape index (κ1) is 16.7. The second-order valence-corrected chi connectivity index (χ2v) is 6.62. The Hall–Kier alpha value is -1.67. The highest BCUT2D eigenvalue weighted by atomic mass is 32.2. The van der Waals surface area contributed by atoms with E-state index in [1.54, 1.807) is 11.8 Å². The highest BCUT2D eigenvalue weighted by Gasteiger charge is 2.31. The quantitative estimate of drug-likeness (QED) is 0.764. The van der Waals surface area contributed by atoms with Gasteiger partial charge in [0.25, 0.3) is 0 Å². The molecule has 2 heterocycles. The van der Waals surface area contributed by atoms with Crippen LogP contribution in [0, 0.1) is 18.3 Å². The van der Waals surface area contributed by atoms with Gasteiger partial charge in [0.15, 0.2) is 0 Å². The molecule has 1 aromatic heterocycles. The molecule has 0 aromatic carbocycles. The SMILES string of the molecule is CCCCCCSC1=C(C#N)[C@H](c2ccc(C)o2)CC(=O)N1. The van der Waals surface area contributed by atoms with E-state index in [9.17, 15) is 10.1 Å². The number of rotatable bonds is 7. The minimum Gasteiger partial charge on any atom is -0.466 e. The Morgan fingerprint density at radius 1 is 1.41 bits per heavy atom. The fourth-order valence-corrected chi connectivity index (χ4v) is 3.60. The molecular formula is C17H22N2O2S. The maximum absolute atomic E-state index is 12.0. The molecular weight excluding hydrogens is 296 g/mol. The maximum Gasteiger partial charge on any atom is 0.225 e. The van der Waals surface area contributed by atoms with Gasteiger partial charge in [0, 0.05) is 6.42 Å². The van der Waals surface area contributed by atoms with Gasteiger partial charge in [0.2, 0.25) is 5.91 Å². The maximum atomic E-state index is 12.0. The summed E-state index contributed by atoms with van der Waals surface area (Å²) in [6.45, 7) is 4.05. The fourth-order valence-electron chi connectivity index (χ4n) is 2.52. The highest BCUT2D eigenvalue weighted by molar-refractivity contribution is 8.03. The molecule has 1 N–H and O–H groups in total. The summed E-state index contributed by atoms with van der Waals surface area (Å²) in [5.41, 5.74) is 0.620. The lowest BCUT2D eigenvalue weighted by Crippen LogP contribution is -2.30. The number of aryl methyl sites for hydroxylation is 1. The van der Waals surface area contributed by atoms with E-state index in [-0.39, 0.29) is 18.2 Å². The number of nitrogens with one attached hydrogen (secondary N) is 1. The second kappa shape index (κ2) is 8.09. The summed E-state index contributed by atoms with van der Waals surface area (Å²) in [7, 11) is 0. The molecule has 1 aliphatic heterocycles. The molecule has 0 saturated carbocycles. The summed E-state index contributed by atoms with van der Waals surface area (Å²) >= 11 is 1.57. The van der Waals surface area contributed by atoms with Crippen molar-refractivity contribution in [1.82, 2.24) is 5.32 Å². The standard InChI is InChI=1S/C17H22N2O2S/c1-3-4-5-6-9-22-17-14(11-18)13(10-16(20)19-17)15-8-7-12(2)21-15/h7-8,13H,3-6,9-10H2,1-2H3,(H,19,20)/t13-/m1/s1. The number of nitriles is 1. The van der Waals surface area contributed by atoms with Gasteiger partial charge in [-0.3, -0.25) is 4.79 Å². The van der Waals surface area contributed by atoms with Crippen LogP contribution in [0.25, 0.3) is 0 Å². The van der Waals surface area contributed by atoms with Gasteiger partial charge >= 0.3 is 0 Å². The number of hydrogen-bond acceptors (Lipinski definition) is 4. The van der Waals surface area contributed by atoms with Gasteiger partial charge in [-0.1, -0.05) is 26.2 Å². The third-order valence-electron chi connectivity index (χ3n) is 3.70. The molecule has 1 aliphatic rings. The van der Waals surface area contributed by atoms with Crippen LogP contribution in [0.4, 0.5) is 0 Å². The van der Waals surface area contributed by atoms with Gasteiger partial charge in [-0.05, 0) is 31.2 Å². The zero-order valence-electron chi connectivity index (χ0n) is 13.1. The molecule has 4 nitrogen and oxygen atoms in total. The van der Waals surface area contributed by atoms with Crippen molar-refractivity contribution < 1.29 is 9.21 Å². The first-order valence-electron chi connectivity index (χ1n) is 7.79. The Kier molecular flexibility index (Phi) is 6.14. The molecule has 0 unspecified atom stereocenters. The zero-order valence-corrected chi connectivity index (χ0v) is 14.0. The average molecular weight is 318 g/mol. The molecule has 1 atom stereocenters. The van der Waals surface area contributed by atoms with E-state index in [1.165, 1.54) is 19.3 Å². The lowest BCUT2D eigenvalue weighted by Gasteiger charge is -2.23. The van der Waals surface area contributed by atoms with Gasteiger partial charge in [-0.25, -0.2) is 0 Å². The molecule has 118 valence electrons. The van der Waals surface area contributed by atoms with Gasteiger partial charge < -0.3 is 9.73 Å². The summed E-state index contributed by atoms with van der Waals surface area (Å²) in [5.74, 6) is 2.12. The third-order valence-corrected chi connectivity index (χ3v) is 4.81. The van der Waals surface area contributed by atoms with Crippen LogP contribution in [0.2, 0.25) is 0 Å². The molecule has 0 radical (unpaired) electrons. The van der Waals surface area contributed by atoms with Crippen molar-refractivity contribution in [3.8, 4) is 6.07 Å². The molecule has 2 rings (SSSR count).